The van der Waals surface area contributed by atoms with E-state index in [1.807, 2.05) is 0 Å². The van der Waals surface area contributed by atoms with Crippen molar-refractivity contribution in [2.45, 2.75) is 37.5 Å². The van der Waals surface area contributed by atoms with Gasteiger partial charge in [-0.2, -0.15) is 0 Å². The second kappa shape index (κ2) is 14.6. The van der Waals surface area contributed by atoms with Crippen molar-refractivity contribution in [2.24, 2.45) is 23.7 Å². The van der Waals surface area contributed by atoms with Gasteiger partial charge >= 0.3 is 0 Å². The highest BCUT2D eigenvalue weighted by Crippen LogP contribution is 2.70. The number of benzene rings is 9. The molecule has 9 aromatic rings. The molecule has 0 heterocycles. The minimum absolute atomic E-state index is 0.128. The summed E-state index contributed by atoms with van der Waals surface area (Å²) in [7, 11) is 0. The number of hydrogen-bond donors (Lipinski definition) is 0. The van der Waals surface area contributed by atoms with Crippen LogP contribution in [0.3, 0.4) is 0 Å². The first-order chi connectivity index (χ1) is 31.2. The summed E-state index contributed by atoms with van der Waals surface area (Å²) in [4.78, 5) is 2.39. The van der Waals surface area contributed by atoms with Crippen molar-refractivity contribution in [3.63, 3.8) is 0 Å². The minimum Gasteiger partial charge on any atom is -0.311 e. The van der Waals surface area contributed by atoms with Crippen molar-refractivity contribution in [3.8, 4) is 55.6 Å². The van der Waals surface area contributed by atoms with Crippen LogP contribution in [0.4, 0.5) is 17.1 Å². The Bertz CT molecular complexity index is 3120. The van der Waals surface area contributed by atoms with Crippen LogP contribution in [0.15, 0.2) is 212 Å². The zero-order chi connectivity index (χ0) is 41.5. The third-order valence-corrected chi connectivity index (χ3v) is 15.7. The standard InChI is InChI=1S/C62H49N/c1-2-11-43(12-3-1)44-23-29-52(30-24-44)63(54-33-27-47(28-34-54)56-19-9-14-46-13-4-5-17-55(46)56)53-31-25-45(26-32-53)48-15-8-16-49(40-48)57-20-10-21-59-58-18-6-7-22-60(58)62(61(57)59)50-36-41-35-42(38-50)39-51(62)37-41/h1-34,40-42,50-51H,35-39H2. The fourth-order valence-electron chi connectivity index (χ4n) is 13.3. The average Bonchev–Trinajstić information content (AvgIpc) is 3.65. The molecule has 0 aromatic heterocycles. The molecule has 4 saturated carbocycles. The Morgan fingerprint density at radius 2 is 0.810 bits per heavy atom. The van der Waals surface area contributed by atoms with Gasteiger partial charge in [-0.25, -0.2) is 0 Å². The van der Waals surface area contributed by atoms with E-state index in [-0.39, 0.29) is 5.41 Å². The van der Waals surface area contributed by atoms with Crippen molar-refractivity contribution in [3.05, 3.63) is 223 Å². The highest BCUT2D eigenvalue weighted by atomic mass is 15.1. The average molecular weight is 808 g/mol. The van der Waals surface area contributed by atoms with E-state index in [9.17, 15) is 0 Å². The lowest BCUT2D eigenvalue weighted by molar-refractivity contribution is -0.0397. The fraction of sp³-hybridized carbons (Fsp3) is 0.161. The smallest absolute Gasteiger partial charge is 0.0462 e. The summed E-state index contributed by atoms with van der Waals surface area (Å²) >= 11 is 0. The number of hydrogen-bond acceptors (Lipinski definition) is 1. The summed E-state index contributed by atoms with van der Waals surface area (Å²) in [5, 5.41) is 2.53. The molecule has 0 unspecified atom stereocenters. The molecule has 14 rings (SSSR count). The summed E-state index contributed by atoms with van der Waals surface area (Å²) in [6, 6.07) is 79.3. The van der Waals surface area contributed by atoms with Crippen LogP contribution in [0.25, 0.3) is 66.4 Å². The van der Waals surface area contributed by atoms with E-state index in [0.717, 1.165) is 40.7 Å². The zero-order valence-corrected chi connectivity index (χ0v) is 35.5. The van der Waals surface area contributed by atoms with E-state index in [2.05, 4.69) is 217 Å². The topological polar surface area (TPSA) is 3.24 Å². The van der Waals surface area contributed by atoms with Gasteiger partial charge in [-0.1, -0.05) is 170 Å². The Morgan fingerprint density at radius 1 is 0.333 bits per heavy atom. The normalized spacial score (nSPS) is 21.4. The van der Waals surface area contributed by atoms with Gasteiger partial charge < -0.3 is 4.90 Å². The van der Waals surface area contributed by atoms with Crippen LogP contribution in [0, 0.1) is 23.7 Å². The fourth-order valence-corrected chi connectivity index (χ4v) is 13.3. The van der Waals surface area contributed by atoms with Crippen LogP contribution in [-0.4, -0.2) is 0 Å². The van der Waals surface area contributed by atoms with Gasteiger partial charge in [0.05, 0.1) is 0 Å². The van der Waals surface area contributed by atoms with Crippen LogP contribution >= 0.6 is 0 Å². The van der Waals surface area contributed by atoms with Crippen LogP contribution in [0.5, 0.6) is 0 Å². The molecule has 1 heteroatoms. The maximum Gasteiger partial charge on any atom is 0.0462 e. The van der Waals surface area contributed by atoms with Gasteiger partial charge in [0.25, 0.3) is 0 Å². The predicted octanol–water partition coefficient (Wildman–Crippen LogP) is 16.7. The molecule has 0 atom stereocenters. The second-order valence-electron chi connectivity index (χ2n) is 18.9. The Hall–Kier alpha value is -6.96. The van der Waals surface area contributed by atoms with Crippen molar-refractivity contribution in [1.29, 1.82) is 0 Å². The quantitative estimate of drug-likeness (QED) is 0.155. The van der Waals surface area contributed by atoms with Crippen molar-refractivity contribution >= 4 is 27.8 Å². The zero-order valence-electron chi connectivity index (χ0n) is 35.5. The van der Waals surface area contributed by atoms with Crippen molar-refractivity contribution < 1.29 is 0 Å². The number of fused-ring (bicyclic) bond motifs is 4. The summed E-state index contributed by atoms with van der Waals surface area (Å²) in [6.07, 6.45) is 7.04. The molecule has 4 bridgehead atoms. The van der Waals surface area contributed by atoms with E-state index in [4.69, 9.17) is 0 Å². The third kappa shape index (κ3) is 5.83. The minimum atomic E-state index is 0.128. The Balaban J connectivity index is 0.872. The number of nitrogens with zero attached hydrogens (tertiary/aromatic N) is 1. The summed E-state index contributed by atoms with van der Waals surface area (Å²) in [6.45, 7) is 0. The number of anilines is 3. The van der Waals surface area contributed by atoms with Crippen molar-refractivity contribution in [2.75, 3.05) is 4.90 Å². The lowest BCUT2D eigenvalue weighted by Gasteiger charge is -2.61. The first-order valence-corrected chi connectivity index (χ1v) is 23.2. The van der Waals surface area contributed by atoms with E-state index in [1.165, 1.54) is 98.5 Å². The summed E-state index contributed by atoms with van der Waals surface area (Å²) in [5.41, 5.74) is 19.9. The first-order valence-electron chi connectivity index (χ1n) is 23.2. The molecule has 5 aliphatic carbocycles. The van der Waals surface area contributed by atoms with Crippen LogP contribution in [0.1, 0.15) is 43.2 Å². The van der Waals surface area contributed by atoms with Gasteiger partial charge in [-0.15, -0.1) is 0 Å². The van der Waals surface area contributed by atoms with Gasteiger partial charge in [0.2, 0.25) is 0 Å². The third-order valence-electron chi connectivity index (χ3n) is 15.7. The molecular weight excluding hydrogens is 759 g/mol. The highest BCUT2D eigenvalue weighted by Gasteiger charge is 2.62. The van der Waals surface area contributed by atoms with Gasteiger partial charge in [0.1, 0.15) is 0 Å². The van der Waals surface area contributed by atoms with Crippen molar-refractivity contribution in [1.82, 2.24) is 0 Å². The van der Waals surface area contributed by atoms with Gasteiger partial charge in [-0.05, 0) is 176 Å². The monoisotopic (exact) mass is 807 g/mol. The molecular formula is C62H49N. The molecule has 0 amide bonds. The molecule has 9 aromatic carbocycles. The molecule has 63 heavy (non-hydrogen) atoms. The molecule has 5 aliphatic rings. The Kier molecular flexibility index (Phi) is 8.48. The first kappa shape index (κ1) is 36.7. The van der Waals surface area contributed by atoms with Crippen LogP contribution in [0.2, 0.25) is 0 Å². The molecule has 1 spiro atoms. The van der Waals surface area contributed by atoms with E-state index < -0.39 is 0 Å². The lowest BCUT2D eigenvalue weighted by atomic mass is 9.42. The van der Waals surface area contributed by atoms with Gasteiger partial charge in [-0.3, -0.25) is 0 Å². The molecule has 0 radical (unpaired) electrons. The summed E-state index contributed by atoms with van der Waals surface area (Å²) in [5.74, 6) is 3.32. The molecule has 0 aliphatic heterocycles. The maximum atomic E-state index is 2.50. The number of rotatable bonds is 7. The van der Waals surface area contributed by atoms with Gasteiger partial charge in [0, 0.05) is 22.5 Å². The summed E-state index contributed by atoms with van der Waals surface area (Å²) < 4.78 is 0. The predicted molar refractivity (Wildman–Crippen MR) is 264 cm³/mol. The SMILES string of the molecule is c1ccc(-c2ccc(N(c3ccc(-c4cccc(-c5cccc6c5C5(c7ccccc7-6)C6CC7CC(C6)CC5C7)c4)cc3)c3ccc(-c4cccc5ccccc45)cc3)cc2)cc1. The van der Waals surface area contributed by atoms with Gasteiger partial charge in [0.15, 0.2) is 0 Å². The van der Waals surface area contributed by atoms with E-state index in [1.54, 1.807) is 11.1 Å². The molecule has 1 nitrogen and oxygen atoms in total. The molecule has 4 fully saturated rings. The second-order valence-corrected chi connectivity index (χ2v) is 18.9. The molecule has 0 saturated heterocycles. The largest absolute Gasteiger partial charge is 0.311 e. The van der Waals surface area contributed by atoms with E-state index in [0.29, 0.717) is 0 Å². The Morgan fingerprint density at radius 3 is 1.52 bits per heavy atom. The highest BCUT2D eigenvalue weighted by molar-refractivity contribution is 5.97. The Labute approximate surface area is 371 Å². The van der Waals surface area contributed by atoms with E-state index >= 15 is 0 Å². The maximum absolute atomic E-state index is 2.50. The van der Waals surface area contributed by atoms with Crippen LogP contribution < -0.4 is 4.90 Å². The van der Waals surface area contributed by atoms with Crippen LogP contribution in [-0.2, 0) is 5.41 Å². The molecule has 0 N–H and O–H groups in total. The molecule has 302 valence electrons. The lowest BCUT2D eigenvalue weighted by Crippen LogP contribution is -2.55.